The number of rotatable bonds is 8. The molecule has 7 heteroatoms. The van der Waals surface area contributed by atoms with Crippen molar-refractivity contribution in [3.8, 4) is 67.7 Å². The zero-order valence-corrected chi connectivity index (χ0v) is 33.8. The predicted octanol–water partition coefficient (Wildman–Crippen LogP) is 10.4. The molecule has 2 aromatic heterocycles. The molecule has 0 amide bonds. The Hall–Kier alpha value is -5.76. The fourth-order valence-corrected chi connectivity index (χ4v) is 8.27. The van der Waals surface area contributed by atoms with Crippen LogP contribution in [0.1, 0.15) is 77.6 Å². The minimum atomic E-state index is -0.996. The van der Waals surface area contributed by atoms with Crippen LogP contribution in [0.2, 0.25) is 0 Å². The second-order valence-corrected chi connectivity index (χ2v) is 17.5. The maximum atomic E-state index is 10.5. The third-order valence-corrected chi connectivity index (χ3v) is 12.5. The molecule has 1 radical (unpaired) electrons. The molecule has 9 rings (SSSR count). The van der Waals surface area contributed by atoms with Crippen molar-refractivity contribution < 1.29 is 9.76 Å². The topological polar surface area (TPSA) is 81.0 Å². The lowest BCUT2D eigenvalue weighted by molar-refractivity contribution is -0.0893. The summed E-state index contributed by atoms with van der Waals surface area (Å²) in [5.41, 5.74) is 13.7. The highest BCUT2D eigenvalue weighted by Gasteiger charge is 2.37. The van der Waals surface area contributed by atoms with E-state index in [0.29, 0.717) is 17.5 Å². The lowest BCUT2D eigenvalue weighted by Gasteiger charge is -2.37. The van der Waals surface area contributed by atoms with Crippen molar-refractivity contribution in [3.05, 3.63) is 150 Å². The van der Waals surface area contributed by atoms with Crippen molar-refractivity contribution in [2.45, 2.75) is 77.4 Å². The minimum Gasteiger partial charge on any atom is -0.427 e. The fraction of sp³-hybridized carbons (Fsp3) is 0.240. The Kier molecular flexibility index (Phi) is 8.51. The van der Waals surface area contributed by atoms with Crippen molar-refractivity contribution in [3.63, 3.8) is 0 Å². The molecule has 2 aliphatic carbocycles. The van der Waals surface area contributed by atoms with Crippen LogP contribution in [0.4, 0.5) is 0 Å². The van der Waals surface area contributed by atoms with E-state index in [4.69, 9.17) is 24.6 Å². The van der Waals surface area contributed by atoms with Crippen LogP contribution in [0.25, 0.3) is 67.7 Å². The van der Waals surface area contributed by atoms with Crippen LogP contribution in [0.3, 0.4) is 0 Å². The molecule has 6 nitrogen and oxygen atoms in total. The average molecular weight is 746 g/mol. The van der Waals surface area contributed by atoms with E-state index >= 15 is 0 Å². The first-order valence-electron chi connectivity index (χ1n) is 19.7. The van der Waals surface area contributed by atoms with Gasteiger partial charge in [-0.1, -0.05) is 130 Å². The summed E-state index contributed by atoms with van der Waals surface area (Å²) >= 11 is 0. The first kappa shape index (κ1) is 36.9. The van der Waals surface area contributed by atoms with Crippen molar-refractivity contribution in [1.29, 1.82) is 0 Å². The summed E-state index contributed by atoms with van der Waals surface area (Å²) in [6.45, 7) is 16.4. The summed E-state index contributed by atoms with van der Waals surface area (Å²) in [6, 6.07) is 42.7. The Bertz CT molecular complexity index is 2570. The third-order valence-electron chi connectivity index (χ3n) is 12.5. The standard InChI is InChI=1S/C50H46BN4O2/c1-47(2)39-15-11-9-13-35(39)37-27-31(19-24-41(37)47)44-53-45(32-20-25-42-38(28-32)36-14-10-12-16-40(36)48(42,3)4)55-46(54-44)33-21-26-43(52-29-33)30-17-22-34(23-18-30)51-57-50(7,8)49(5,6)56/h9-29,56H,1-8H3. The molecule has 2 aliphatic rings. The molecule has 0 saturated carbocycles. The minimum absolute atomic E-state index is 0.0951. The SMILES string of the molecule is CC1(C)c2ccccc2-c2cc(-c3nc(-c4ccc(-c5ccc([B]OC(C)(C)C(C)(C)O)cc5)nc4)nc(-c4ccc5c(c4)-c4ccccc4C5(C)C)n3)ccc21. The van der Waals surface area contributed by atoms with E-state index < -0.39 is 11.2 Å². The quantitative estimate of drug-likeness (QED) is 0.156. The van der Waals surface area contributed by atoms with E-state index in [9.17, 15) is 5.11 Å². The van der Waals surface area contributed by atoms with E-state index in [-0.39, 0.29) is 10.8 Å². The van der Waals surface area contributed by atoms with Crippen LogP contribution in [-0.4, -0.2) is 43.7 Å². The zero-order chi connectivity index (χ0) is 39.9. The summed E-state index contributed by atoms with van der Waals surface area (Å²) in [6.07, 6.45) is 1.84. The number of aromatic nitrogens is 4. The molecule has 7 aromatic rings. The highest BCUT2D eigenvalue weighted by atomic mass is 16.5. The predicted molar refractivity (Wildman–Crippen MR) is 231 cm³/mol. The fourth-order valence-electron chi connectivity index (χ4n) is 8.27. The normalized spacial score (nSPS) is 14.8. The van der Waals surface area contributed by atoms with Crippen molar-refractivity contribution in [1.82, 2.24) is 19.9 Å². The molecular weight excluding hydrogens is 699 g/mol. The van der Waals surface area contributed by atoms with Gasteiger partial charge < -0.3 is 9.76 Å². The Morgan fingerprint density at radius 1 is 0.509 bits per heavy atom. The average Bonchev–Trinajstić information content (AvgIpc) is 3.58. The highest BCUT2D eigenvalue weighted by Crippen LogP contribution is 2.51. The number of hydrogen-bond donors (Lipinski definition) is 1. The third kappa shape index (κ3) is 6.21. The van der Waals surface area contributed by atoms with Crippen molar-refractivity contribution in [2.24, 2.45) is 0 Å². The van der Waals surface area contributed by atoms with Crippen molar-refractivity contribution in [2.75, 3.05) is 0 Å². The molecule has 0 atom stereocenters. The van der Waals surface area contributed by atoms with Crippen LogP contribution in [-0.2, 0) is 15.5 Å². The molecule has 2 heterocycles. The molecule has 0 spiro atoms. The van der Waals surface area contributed by atoms with Gasteiger partial charge in [0.15, 0.2) is 17.5 Å². The second-order valence-electron chi connectivity index (χ2n) is 17.5. The second kappa shape index (κ2) is 13.2. The maximum Gasteiger partial charge on any atom is 0.330 e. The molecule has 0 fully saturated rings. The van der Waals surface area contributed by atoms with Crippen LogP contribution in [0.5, 0.6) is 0 Å². The van der Waals surface area contributed by atoms with Crippen LogP contribution in [0, 0.1) is 0 Å². The first-order chi connectivity index (χ1) is 27.1. The molecule has 0 bridgehead atoms. The molecule has 57 heavy (non-hydrogen) atoms. The maximum absolute atomic E-state index is 10.5. The van der Waals surface area contributed by atoms with Gasteiger partial charge in [-0.05, 0) is 96.5 Å². The first-order valence-corrected chi connectivity index (χ1v) is 19.7. The lowest BCUT2D eigenvalue weighted by Crippen LogP contribution is -2.49. The summed E-state index contributed by atoms with van der Waals surface area (Å²) < 4.78 is 5.96. The van der Waals surface area contributed by atoms with Gasteiger partial charge >= 0.3 is 7.48 Å². The Morgan fingerprint density at radius 2 is 0.947 bits per heavy atom. The van der Waals surface area contributed by atoms with Gasteiger partial charge in [0.25, 0.3) is 0 Å². The van der Waals surface area contributed by atoms with Gasteiger partial charge in [0.1, 0.15) is 0 Å². The monoisotopic (exact) mass is 745 g/mol. The zero-order valence-electron chi connectivity index (χ0n) is 33.8. The molecule has 0 aliphatic heterocycles. The van der Waals surface area contributed by atoms with Gasteiger partial charge in [-0.15, -0.1) is 0 Å². The molecule has 5 aromatic carbocycles. The van der Waals surface area contributed by atoms with Gasteiger partial charge in [-0.3, -0.25) is 4.98 Å². The summed E-state index contributed by atoms with van der Waals surface area (Å²) in [7, 11) is 1.69. The Labute approximate surface area is 336 Å². The van der Waals surface area contributed by atoms with Gasteiger partial charge in [0.05, 0.1) is 16.9 Å². The number of aliphatic hydroxyl groups is 1. The van der Waals surface area contributed by atoms with E-state index in [1.54, 1.807) is 21.3 Å². The molecule has 0 saturated heterocycles. The summed E-state index contributed by atoms with van der Waals surface area (Å²) in [5.74, 6) is 1.80. The van der Waals surface area contributed by atoms with Gasteiger partial charge in [0.2, 0.25) is 0 Å². The van der Waals surface area contributed by atoms with Crippen LogP contribution >= 0.6 is 0 Å². The number of benzene rings is 5. The summed E-state index contributed by atoms with van der Waals surface area (Å²) in [4.78, 5) is 20.3. The molecular formula is C50H46BN4O2. The van der Waals surface area contributed by atoms with Gasteiger partial charge in [0, 0.05) is 39.3 Å². The van der Waals surface area contributed by atoms with Gasteiger partial charge in [-0.2, -0.15) is 0 Å². The highest BCUT2D eigenvalue weighted by molar-refractivity contribution is 6.47. The van der Waals surface area contributed by atoms with Gasteiger partial charge in [-0.25, -0.2) is 15.0 Å². The van der Waals surface area contributed by atoms with Crippen LogP contribution in [0.15, 0.2) is 128 Å². The number of pyridine rings is 1. The number of hydrogen-bond acceptors (Lipinski definition) is 6. The molecule has 0 unspecified atom stereocenters. The number of nitrogens with zero attached hydrogens (tertiary/aromatic N) is 4. The van der Waals surface area contributed by atoms with E-state index in [1.807, 2.05) is 56.4 Å². The van der Waals surface area contributed by atoms with E-state index in [2.05, 4.69) is 113 Å². The van der Waals surface area contributed by atoms with Crippen LogP contribution < -0.4 is 5.46 Å². The Balaban J connectivity index is 1.10. The summed E-state index contributed by atoms with van der Waals surface area (Å²) in [5, 5.41) is 10.5. The number of fused-ring (bicyclic) bond motifs is 6. The van der Waals surface area contributed by atoms with Crippen molar-refractivity contribution >= 4 is 12.9 Å². The van der Waals surface area contributed by atoms with E-state index in [0.717, 1.165) is 33.4 Å². The van der Waals surface area contributed by atoms with E-state index in [1.165, 1.54) is 44.5 Å². The largest absolute Gasteiger partial charge is 0.427 e. The lowest BCUT2D eigenvalue weighted by atomic mass is 9.82. The molecule has 281 valence electrons. The molecule has 1 N–H and O–H groups in total. The smallest absolute Gasteiger partial charge is 0.330 e. The Morgan fingerprint density at radius 3 is 1.42 bits per heavy atom.